The average molecular weight is 322 g/mol. The summed E-state index contributed by atoms with van der Waals surface area (Å²) in [5, 5.41) is 9.95. The second kappa shape index (κ2) is 6.74. The molecule has 23 heavy (non-hydrogen) atoms. The first-order chi connectivity index (χ1) is 10.8. The zero-order valence-corrected chi connectivity index (χ0v) is 14.3. The van der Waals surface area contributed by atoms with Gasteiger partial charge in [-0.2, -0.15) is 0 Å². The van der Waals surface area contributed by atoms with E-state index in [9.17, 15) is 9.90 Å². The summed E-state index contributed by atoms with van der Waals surface area (Å²) < 4.78 is 10.6. The monoisotopic (exact) mass is 322 g/mol. The summed E-state index contributed by atoms with van der Waals surface area (Å²) in [5.74, 6) is 0.532. The van der Waals surface area contributed by atoms with Crippen molar-refractivity contribution in [1.29, 1.82) is 0 Å². The third kappa shape index (κ3) is 4.13. The van der Waals surface area contributed by atoms with Crippen molar-refractivity contribution in [3.05, 3.63) is 23.9 Å². The Bertz CT molecular complexity index is 546. The van der Waals surface area contributed by atoms with Crippen molar-refractivity contribution in [3.63, 3.8) is 0 Å². The van der Waals surface area contributed by atoms with E-state index in [4.69, 9.17) is 9.47 Å². The molecule has 1 N–H and O–H groups in total. The fraction of sp³-hybridized carbons (Fsp3) is 0.647. The number of pyridine rings is 1. The minimum Gasteiger partial charge on any atom is -0.481 e. The number of carbonyl (C=O) groups excluding carboxylic acids is 1. The van der Waals surface area contributed by atoms with Crippen molar-refractivity contribution in [2.24, 2.45) is 0 Å². The van der Waals surface area contributed by atoms with Crippen LogP contribution in [0.2, 0.25) is 0 Å². The van der Waals surface area contributed by atoms with E-state index in [1.54, 1.807) is 18.1 Å². The molecule has 6 nitrogen and oxygen atoms in total. The molecule has 0 bridgehead atoms. The van der Waals surface area contributed by atoms with E-state index in [0.717, 1.165) is 5.69 Å². The van der Waals surface area contributed by atoms with Gasteiger partial charge in [0.05, 0.1) is 19.4 Å². The van der Waals surface area contributed by atoms with Crippen LogP contribution in [-0.4, -0.2) is 53.5 Å². The maximum atomic E-state index is 12.2. The van der Waals surface area contributed by atoms with Crippen molar-refractivity contribution in [2.75, 3.05) is 26.8 Å². The van der Waals surface area contributed by atoms with Crippen LogP contribution in [0.4, 0.5) is 4.79 Å². The molecule has 6 heteroatoms. The number of nitrogens with zero attached hydrogens (tertiary/aromatic N) is 2. The number of carbonyl (C=O) groups is 1. The molecule has 2 heterocycles. The Morgan fingerprint density at radius 3 is 2.52 bits per heavy atom. The molecule has 1 aliphatic heterocycles. The fourth-order valence-corrected chi connectivity index (χ4v) is 2.76. The molecule has 0 aromatic carbocycles. The van der Waals surface area contributed by atoms with E-state index >= 15 is 0 Å². The minimum absolute atomic E-state index is 0.00464. The SMILES string of the molecule is COc1cccc(C2(CO)CCN(C(=O)OC(C)(C)C)CC2)n1. The summed E-state index contributed by atoms with van der Waals surface area (Å²) in [7, 11) is 1.57. The molecule has 1 amide bonds. The lowest BCUT2D eigenvalue weighted by Gasteiger charge is -2.40. The van der Waals surface area contributed by atoms with Crippen LogP contribution in [0.15, 0.2) is 18.2 Å². The van der Waals surface area contributed by atoms with Gasteiger partial charge < -0.3 is 19.5 Å². The number of aliphatic hydroxyl groups excluding tert-OH is 1. The highest BCUT2D eigenvalue weighted by atomic mass is 16.6. The molecule has 0 aliphatic carbocycles. The van der Waals surface area contributed by atoms with Gasteiger partial charge >= 0.3 is 6.09 Å². The van der Waals surface area contributed by atoms with Crippen LogP contribution in [0, 0.1) is 0 Å². The molecule has 0 atom stereocenters. The number of methoxy groups -OCH3 is 1. The molecule has 1 aromatic rings. The van der Waals surface area contributed by atoms with Crippen LogP contribution in [0.25, 0.3) is 0 Å². The van der Waals surface area contributed by atoms with Crippen molar-refractivity contribution in [1.82, 2.24) is 9.88 Å². The first-order valence-corrected chi connectivity index (χ1v) is 7.90. The lowest BCUT2D eigenvalue weighted by atomic mass is 9.76. The molecule has 128 valence electrons. The average Bonchev–Trinajstić information content (AvgIpc) is 2.53. The van der Waals surface area contributed by atoms with Gasteiger partial charge in [-0.1, -0.05) is 6.07 Å². The van der Waals surface area contributed by atoms with Crippen LogP contribution >= 0.6 is 0 Å². The Morgan fingerprint density at radius 1 is 1.35 bits per heavy atom. The molecule has 0 saturated carbocycles. The van der Waals surface area contributed by atoms with Crippen LogP contribution < -0.4 is 4.74 Å². The maximum Gasteiger partial charge on any atom is 0.410 e. The molecule has 1 aromatic heterocycles. The van der Waals surface area contributed by atoms with Crippen LogP contribution in [-0.2, 0) is 10.2 Å². The van der Waals surface area contributed by atoms with Gasteiger partial charge in [0.1, 0.15) is 5.60 Å². The summed E-state index contributed by atoms with van der Waals surface area (Å²) >= 11 is 0. The maximum absolute atomic E-state index is 12.2. The molecule has 1 fully saturated rings. The van der Waals surface area contributed by atoms with Gasteiger partial charge in [0.2, 0.25) is 5.88 Å². The molecular weight excluding hydrogens is 296 g/mol. The fourth-order valence-electron chi connectivity index (χ4n) is 2.76. The number of piperidine rings is 1. The van der Waals surface area contributed by atoms with Gasteiger partial charge in [-0.3, -0.25) is 0 Å². The lowest BCUT2D eigenvalue weighted by Crippen LogP contribution is -2.48. The zero-order valence-electron chi connectivity index (χ0n) is 14.3. The number of hydrogen-bond acceptors (Lipinski definition) is 5. The Morgan fingerprint density at radius 2 is 2.00 bits per heavy atom. The van der Waals surface area contributed by atoms with Gasteiger partial charge in [-0.25, -0.2) is 9.78 Å². The summed E-state index contributed by atoms with van der Waals surface area (Å²) in [6.45, 7) is 6.63. The van der Waals surface area contributed by atoms with Crippen LogP contribution in [0.5, 0.6) is 5.88 Å². The van der Waals surface area contributed by atoms with Gasteiger partial charge in [0.15, 0.2) is 0 Å². The van der Waals surface area contributed by atoms with Crippen molar-refractivity contribution >= 4 is 6.09 Å². The second-order valence-corrected chi connectivity index (χ2v) is 6.97. The number of likely N-dealkylation sites (tertiary alicyclic amines) is 1. The molecule has 0 unspecified atom stereocenters. The first-order valence-electron chi connectivity index (χ1n) is 7.90. The molecule has 2 rings (SSSR count). The topological polar surface area (TPSA) is 71.9 Å². The summed E-state index contributed by atoms with van der Waals surface area (Å²) in [6, 6.07) is 5.56. The van der Waals surface area contributed by atoms with Gasteiger partial charge in [0.25, 0.3) is 0 Å². The number of amides is 1. The van der Waals surface area contributed by atoms with Gasteiger partial charge in [0, 0.05) is 24.6 Å². The smallest absolute Gasteiger partial charge is 0.410 e. The summed E-state index contributed by atoms with van der Waals surface area (Å²) in [5.41, 5.74) is -0.132. The second-order valence-electron chi connectivity index (χ2n) is 6.97. The lowest BCUT2D eigenvalue weighted by molar-refractivity contribution is 0.0119. The molecule has 1 aliphatic rings. The van der Waals surface area contributed by atoms with Crippen molar-refractivity contribution in [2.45, 2.75) is 44.6 Å². The highest BCUT2D eigenvalue weighted by molar-refractivity contribution is 5.68. The van der Waals surface area contributed by atoms with E-state index in [-0.39, 0.29) is 12.7 Å². The Hall–Kier alpha value is -1.82. The predicted octanol–water partition coefficient (Wildman–Crippen LogP) is 2.35. The number of aromatic nitrogens is 1. The number of rotatable bonds is 3. The van der Waals surface area contributed by atoms with Gasteiger partial charge in [-0.15, -0.1) is 0 Å². The molecular formula is C17H26N2O4. The molecule has 0 spiro atoms. The Kier molecular flexibility index (Phi) is 5.14. The highest BCUT2D eigenvalue weighted by Gasteiger charge is 2.39. The van der Waals surface area contributed by atoms with Gasteiger partial charge in [-0.05, 0) is 39.7 Å². The van der Waals surface area contributed by atoms with E-state index in [1.807, 2.05) is 32.9 Å². The van der Waals surface area contributed by atoms with Crippen molar-refractivity contribution in [3.8, 4) is 5.88 Å². The number of aliphatic hydroxyl groups is 1. The van der Waals surface area contributed by atoms with Crippen LogP contribution in [0.1, 0.15) is 39.3 Å². The Labute approximate surface area is 137 Å². The Balaban J connectivity index is 2.09. The normalized spacial score (nSPS) is 17.7. The quantitative estimate of drug-likeness (QED) is 0.925. The predicted molar refractivity (Wildman–Crippen MR) is 86.6 cm³/mol. The van der Waals surface area contributed by atoms with E-state index in [1.165, 1.54) is 0 Å². The van der Waals surface area contributed by atoms with Crippen LogP contribution in [0.3, 0.4) is 0 Å². The minimum atomic E-state index is -0.503. The van der Waals surface area contributed by atoms with E-state index < -0.39 is 11.0 Å². The van der Waals surface area contributed by atoms with E-state index in [0.29, 0.717) is 31.8 Å². The number of ether oxygens (including phenoxy) is 2. The largest absolute Gasteiger partial charge is 0.481 e. The van der Waals surface area contributed by atoms with E-state index in [2.05, 4.69) is 4.98 Å². The summed E-state index contributed by atoms with van der Waals surface area (Å²) in [4.78, 5) is 18.3. The highest BCUT2D eigenvalue weighted by Crippen LogP contribution is 2.35. The molecule has 0 radical (unpaired) electrons. The number of hydrogen-bond donors (Lipinski definition) is 1. The standard InChI is InChI=1S/C17H26N2O4/c1-16(2,3)23-15(21)19-10-8-17(12-20,9-11-19)13-6-5-7-14(18-13)22-4/h5-7,20H,8-12H2,1-4H3. The third-order valence-electron chi connectivity index (χ3n) is 4.15. The third-order valence-corrected chi connectivity index (χ3v) is 4.15. The zero-order chi connectivity index (χ0) is 17.1. The summed E-state index contributed by atoms with van der Waals surface area (Å²) in [6.07, 6.45) is 0.980. The van der Waals surface area contributed by atoms with Crippen molar-refractivity contribution < 1.29 is 19.4 Å². The first kappa shape index (κ1) is 17.5. The molecule has 1 saturated heterocycles.